The second-order valence-electron chi connectivity index (χ2n) is 2.07. The molecule has 0 aromatic heterocycles. The van der Waals surface area contributed by atoms with Crippen LogP contribution < -0.4 is 5.32 Å². The Hall–Kier alpha value is -1.06. The zero-order chi connectivity index (χ0) is 7.40. The third-order valence-electron chi connectivity index (χ3n) is 1.40. The number of hydrogen-bond donors (Lipinski definition) is 1. The lowest BCUT2D eigenvalue weighted by Crippen LogP contribution is -2.39. The van der Waals surface area contributed by atoms with Gasteiger partial charge >= 0.3 is 5.97 Å². The number of ether oxygens (including phenoxy) is 1. The van der Waals surface area contributed by atoms with Gasteiger partial charge in [-0.1, -0.05) is 0 Å². The normalized spacial score (nSPS) is 23.5. The number of rotatable bonds is 1. The molecule has 0 bridgehead atoms. The Balaban J connectivity index is 2.41. The van der Waals surface area contributed by atoms with Crippen LogP contribution in [0.5, 0.6) is 0 Å². The zero-order valence-corrected chi connectivity index (χ0v) is 5.83. The molecule has 4 nitrogen and oxygen atoms in total. The highest BCUT2D eigenvalue weighted by Crippen LogP contribution is 1.97. The monoisotopic (exact) mass is 142 g/mol. The Labute approximate surface area is 59.3 Å². The largest absolute Gasteiger partial charge is 0.467 e. The molecule has 0 amide bonds. The SMILES string of the molecule is COC(=O)[C@@H]1CCN=CN1. The average Bonchev–Trinajstić information content (AvgIpc) is 2.05. The minimum absolute atomic E-state index is 0.192. The highest BCUT2D eigenvalue weighted by Gasteiger charge is 2.18. The van der Waals surface area contributed by atoms with Crippen LogP contribution in [0.15, 0.2) is 4.99 Å². The van der Waals surface area contributed by atoms with Crippen molar-refractivity contribution in [2.45, 2.75) is 12.5 Å². The smallest absolute Gasteiger partial charge is 0.328 e. The molecule has 0 spiro atoms. The maximum absolute atomic E-state index is 10.8. The molecule has 0 unspecified atom stereocenters. The number of carbonyl (C=O) groups excluding carboxylic acids is 1. The first-order chi connectivity index (χ1) is 4.84. The topological polar surface area (TPSA) is 50.7 Å². The molecule has 1 aliphatic rings. The lowest BCUT2D eigenvalue weighted by molar-refractivity contribution is -0.142. The van der Waals surface area contributed by atoms with Crippen LogP contribution in [0.4, 0.5) is 0 Å². The van der Waals surface area contributed by atoms with Crippen LogP contribution in [-0.4, -0.2) is 32.0 Å². The van der Waals surface area contributed by atoms with Gasteiger partial charge in [0.2, 0.25) is 0 Å². The van der Waals surface area contributed by atoms with Crippen molar-refractivity contribution >= 4 is 12.3 Å². The lowest BCUT2D eigenvalue weighted by atomic mass is 10.2. The molecule has 0 saturated heterocycles. The first-order valence-corrected chi connectivity index (χ1v) is 3.17. The molecule has 10 heavy (non-hydrogen) atoms. The van der Waals surface area contributed by atoms with E-state index in [1.165, 1.54) is 7.11 Å². The molecule has 1 N–H and O–H groups in total. The number of nitrogens with one attached hydrogen (secondary N) is 1. The van der Waals surface area contributed by atoms with Gasteiger partial charge in [-0.3, -0.25) is 4.99 Å². The van der Waals surface area contributed by atoms with Crippen molar-refractivity contribution in [3.8, 4) is 0 Å². The molecular weight excluding hydrogens is 132 g/mol. The number of hydrogen-bond acceptors (Lipinski definition) is 4. The van der Waals surface area contributed by atoms with E-state index in [9.17, 15) is 4.79 Å². The van der Waals surface area contributed by atoms with Gasteiger partial charge in [0.15, 0.2) is 0 Å². The minimum Gasteiger partial charge on any atom is -0.467 e. The van der Waals surface area contributed by atoms with E-state index in [0.29, 0.717) is 6.54 Å². The summed E-state index contributed by atoms with van der Waals surface area (Å²) in [4.78, 5) is 14.7. The van der Waals surface area contributed by atoms with Crippen LogP contribution in [-0.2, 0) is 9.53 Å². The van der Waals surface area contributed by atoms with Gasteiger partial charge in [-0.05, 0) is 6.42 Å². The van der Waals surface area contributed by atoms with Crippen LogP contribution in [0.1, 0.15) is 6.42 Å². The van der Waals surface area contributed by atoms with Crippen molar-refractivity contribution in [1.29, 1.82) is 0 Å². The second-order valence-corrected chi connectivity index (χ2v) is 2.07. The van der Waals surface area contributed by atoms with Crippen molar-refractivity contribution < 1.29 is 9.53 Å². The maximum atomic E-state index is 10.8. The summed E-state index contributed by atoms with van der Waals surface area (Å²) in [7, 11) is 1.38. The van der Waals surface area contributed by atoms with Crippen LogP contribution in [0.25, 0.3) is 0 Å². The van der Waals surface area contributed by atoms with Crippen LogP contribution >= 0.6 is 0 Å². The molecule has 1 aliphatic heterocycles. The van der Waals surface area contributed by atoms with Crippen molar-refractivity contribution in [3.05, 3.63) is 0 Å². The van der Waals surface area contributed by atoms with Gasteiger partial charge in [0.25, 0.3) is 0 Å². The van der Waals surface area contributed by atoms with Gasteiger partial charge in [0.1, 0.15) is 6.04 Å². The summed E-state index contributed by atoms with van der Waals surface area (Å²) in [5.41, 5.74) is 0. The van der Waals surface area contributed by atoms with Gasteiger partial charge in [-0.15, -0.1) is 0 Å². The van der Waals surface area contributed by atoms with E-state index in [4.69, 9.17) is 0 Å². The molecule has 1 atom stereocenters. The van der Waals surface area contributed by atoms with Gasteiger partial charge in [0, 0.05) is 6.54 Å². The van der Waals surface area contributed by atoms with Gasteiger partial charge < -0.3 is 10.1 Å². The molecule has 0 aliphatic carbocycles. The van der Waals surface area contributed by atoms with Crippen molar-refractivity contribution in [2.24, 2.45) is 4.99 Å². The molecule has 0 saturated carbocycles. The zero-order valence-electron chi connectivity index (χ0n) is 5.83. The number of nitrogens with zero attached hydrogens (tertiary/aromatic N) is 1. The maximum Gasteiger partial charge on any atom is 0.328 e. The highest BCUT2D eigenvalue weighted by molar-refractivity contribution is 5.79. The summed E-state index contributed by atoms with van der Waals surface area (Å²) in [5.74, 6) is -0.217. The Morgan fingerprint density at radius 3 is 3.20 bits per heavy atom. The average molecular weight is 142 g/mol. The van der Waals surface area contributed by atoms with Crippen LogP contribution in [0.3, 0.4) is 0 Å². The van der Waals surface area contributed by atoms with Gasteiger partial charge in [0.05, 0.1) is 13.4 Å². The van der Waals surface area contributed by atoms with Crippen LogP contribution in [0, 0.1) is 0 Å². The predicted octanol–water partition coefficient (Wildman–Crippen LogP) is -0.450. The molecule has 56 valence electrons. The molecule has 0 aromatic carbocycles. The van der Waals surface area contributed by atoms with E-state index in [0.717, 1.165) is 6.42 Å². The summed E-state index contributed by atoms with van der Waals surface area (Å²) >= 11 is 0. The Kier molecular flexibility index (Phi) is 2.25. The van der Waals surface area contributed by atoms with Crippen molar-refractivity contribution in [3.63, 3.8) is 0 Å². The van der Waals surface area contributed by atoms with Gasteiger partial charge in [-0.25, -0.2) is 4.79 Å². The molecular formula is C6H10N2O2. The van der Waals surface area contributed by atoms with E-state index in [1.54, 1.807) is 6.34 Å². The predicted molar refractivity (Wildman–Crippen MR) is 36.9 cm³/mol. The minimum atomic E-state index is -0.217. The second kappa shape index (κ2) is 3.20. The summed E-state index contributed by atoms with van der Waals surface area (Å²) in [6, 6.07) is -0.192. The first-order valence-electron chi connectivity index (χ1n) is 3.17. The molecule has 0 fully saturated rings. The standard InChI is InChI=1S/C6H10N2O2/c1-10-6(9)5-2-3-7-4-8-5/h4-5H,2-3H2,1H3,(H,7,8)/t5-/m0/s1. The molecule has 1 rings (SSSR count). The summed E-state index contributed by atoms with van der Waals surface area (Å²) in [6.45, 7) is 0.701. The first kappa shape index (κ1) is 7.05. The number of aliphatic imine (C=N–C) groups is 1. The molecule has 4 heteroatoms. The lowest BCUT2D eigenvalue weighted by Gasteiger charge is -2.16. The molecule has 0 aromatic rings. The number of methoxy groups -OCH3 is 1. The van der Waals surface area contributed by atoms with E-state index in [1.807, 2.05) is 0 Å². The van der Waals surface area contributed by atoms with Crippen molar-refractivity contribution in [1.82, 2.24) is 5.32 Å². The fourth-order valence-corrected chi connectivity index (χ4v) is 0.822. The Morgan fingerprint density at radius 1 is 1.90 bits per heavy atom. The molecule has 1 heterocycles. The Morgan fingerprint density at radius 2 is 2.70 bits per heavy atom. The number of esters is 1. The third kappa shape index (κ3) is 1.46. The van der Waals surface area contributed by atoms with E-state index < -0.39 is 0 Å². The summed E-state index contributed by atoms with van der Waals surface area (Å²) in [5, 5.41) is 2.80. The quantitative estimate of drug-likeness (QED) is 0.504. The van der Waals surface area contributed by atoms with E-state index >= 15 is 0 Å². The van der Waals surface area contributed by atoms with E-state index in [2.05, 4.69) is 15.0 Å². The van der Waals surface area contributed by atoms with Crippen molar-refractivity contribution in [2.75, 3.05) is 13.7 Å². The molecule has 0 radical (unpaired) electrons. The number of carbonyl (C=O) groups is 1. The fraction of sp³-hybridized carbons (Fsp3) is 0.667. The van der Waals surface area contributed by atoms with Gasteiger partial charge in [-0.2, -0.15) is 0 Å². The van der Waals surface area contributed by atoms with E-state index in [-0.39, 0.29) is 12.0 Å². The third-order valence-corrected chi connectivity index (χ3v) is 1.40. The Bertz CT molecular complexity index is 156. The highest BCUT2D eigenvalue weighted by atomic mass is 16.5. The fourth-order valence-electron chi connectivity index (χ4n) is 0.822. The summed E-state index contributed by atoms with van der Waals surface area (Å²) in [6.07, 6.45) is 2.27. The summed E-state index contributed by atoms with van der Waals surface area (Å²) < 4.78 is 4.53. The van der Waals surface area contributed by atoms with Crippen LogP contribution in [0.2, 0.25) is 0 Å².